The number of piperidine rings is 2. The van der Waals surface area contributed by atoms with Crippen LogP contribution in [0.3, 0.4) is 0 Å². The summed E-state index contributed by atoms with van der Waals surface area (Å²) in [5, 5.41) is 11.6. The van der Waals surface area contributed by atoms with E-state index in [1.807, 2.05) is 29.2 Å². The molecule has 2 saturated heterocycles. The molecule has 2 fully saturated rings. The van der Waals surface area contributed by atoms with Crippen LogP contribution in [0.5, 0.6) is 5.75 Å². The van der Waals surface area contributed by atoms with Crippen molar-refractivity contribution in [1.29, 1.82) is 0 Å². The zero-order valence-corrected chi connectivity index (χ0v) is 19.9. The highest BCUT2D eigenvalue weighted by molar-refractivity contribution is 5.79. The average molecular weight is 471 g/mol. The van der Waals surface area contributed by atoms with Crippen LogP contribution in [0.15, 0.2) is 66.9 Å². The van der Waals surface area contributed by atoms with Crippen LogP contribution in [0.2, 0.25) is 0 Å². The molecule has 2 bridgehead atoms. The molecule has 6 heteroatoms. The van der Waals surface area contributed by atoms with Crippen molar-refractivity contribution in [3.05, 3.63) is 83.7 Å². The molecule has 2 aliphatic heterocycles. The first-order valence-electron chi connectivity index (χ1n) is 12.4. The second-order valence-corrected chi connectivity index (χ2v) is 9.97. The van der Waals surface area contributed by atoms with Crippen LogP contribution < -0.4 is 4.74 Å². The molecule has 2 atom stereocenters. The Morgan fingerprint density at radius 3 is 2.20 bits per heavy atom. The lowest BCUT2D eigenvalue weighted by Gasteiger charge is -2.51. The Morgan fingerprint density at radius 2 is 1.63 bits per heavy atom. The van der Waals surface area contributed by atoms with Crippen molar-refractivity contribution in [2.75, 3.05) is 13.7 Å². The minimum Gasteiger partial charge on any atom is -0.495 e. The van der Waals surface area contributed by atoms with Gasteiger partial charge in [-0.2, -0.15) is 0 Å². The number of methoxy groups -OCH3 is 1. The second-order valence-electron chi connectivity index (χ2n) is 9.97. The standard InChI is InChI=1S/C29H30N2O4/c1-34-21-13-14-27(30-17-21)29(33)15-19-7-6-8-20(16-29)31(19)28(32)35-18-26-24-11-4-2-9-22(24)23-10-3-5-12-25(23)26/h2-5,9-14,17,19-20,26,33H,6-8,15-16,18H2,1H3. The fourth-order valence-electron chi connectivity index (χ4n) is 6.38. The lowest BCUT2D eigenvalue weighted by atomic mass is 9.74. The van der Waals surface area contributed by atoms with Crippen molar-refractivity contribution in [3.63, 3.8) is 0 Å². The zero-order valence-electron chi connectivity index (χ0n) is 19.9. The van der Waals surface area contributed by atoms with Crippen molar-refractivity contribution in [3.8, 4) is 16.9 Å². The van der Waals surface area contributed by atoms with Crippen LogP contribution in [-0.2, 0) is 10.3 Å². The molecule has 3 heterocycles. The number of pyridine rings is 1. The summed E-state index contributed by atoms with van der Waals surface area (Å²) in [4.78, 5) is 19.8. The maximum Gasteiger partial charge on any atom is 0.410 e. The van der Waals surface area contributed by atoms with E-state index in [1.54, 1.807) is 13.3 Å². The van der Waals surface area contributed by atoms with Gasteiger partial charge in [0.2, 0.25) is 0 Å². The number of rotatable bonds is 4. The molecule has 0 spiro atoms. The van der Waals surface area contributed by atoms with Crippen molar-refractivity contribution in [2.24, 2.45) is 0 Å². The second kappa shape index (κ2) is 8.68. The highest BCUT2D eigenvalue weighted by atomic mass is 16.6. The van der Waals surface area contributed by atoms with E-state index in [0.717, 1.165) is 19.3 Å². The van der Waals surface area contributed by atoms with Gasteiger partial charge in [0.25, 0.3) is 0 Å². The van der Waals surface area contributed by atoms with E-state index < -0.39 is 5.60 Å². The molecule has 1 aromatic heterocycles. The first kappa shape index (κ1) is 22.1. The molecule has 35 heavy (non-hydrogen) atoms. The monoisotopic (exact) mass is 470 g/mol. The first-order valence-corrected chi connectivity index (χ1v) is 12.4. The summed E-state index contributed by atoms with van der Waals surface area (Å²) in [7, 11) is 1.60. The van der Waals surface area contributed by atoms with E-state index in [2.05, 4.69) is 41.4 Å². The van der Waals surface area contributed by atoms with Gasteiger partial charge in [0.1, 0.15) is 18.0 Å². The number of hydrogen-bond acceptors (Lipinski definition) is 5. The van der Waals surface area contributed by atoms with Gasteiger partial charge in [0.15, 0.2) is 0 Å². The maximum atomic E-state index is 13.4. The molecule has 1 amide bonds. The molecule has 1 aliphatic carbocycles. The minimum absolute atomic E-state index is 0.0383. The summed E-state index contributed by atoms with van der Waals surface area (Å²) in [6, 6.07) is 20.3. The average Bonchev–Trinajstić information content (AvgIpc) is 3.20. The lowest BCUT2D eigenvalue weighted by molar-refractivity contribution is -0.0913. The molecule has 0 radical (unpaired) electrons. The van der Waals surface area contributed by atoms with Gasteiger partial charge in [-0.1, -0.05) is 48.5 Å². The Bertz CT molecular complexity index is 1180. The third-order valence-electron chi connectivity index (χ3n) is 8.00. The predicted octanol–water partition coefficient (Wildman–Crippen LogP) is 5.24. The number of amides is 1. The van der Waals surface area contributed by atoms with Crippen LogP contribution >= 0.6 is 0 Å². The highest BCUT2D eigenvalue weighted by Crippen LogP contribution is 2.46. The Hall–Kier alpha value is -3.38. The van der Waals surface area contributed by atoms with Gasteiger partial charge >= 0.3 is 6.09 Å². The molecule has 2 unspecified atom stereocenters. The molecule has 6 nitrogen and oxygen atoms in total. The van der Waals surface area contributed by atoms with Crippen molar-refractivity contribution >= 4 is 6.09 Å². The van der Waals surface area contributed by atoms with Crippen molar-refractivity contribution in [2.45, 2.75) is 55.7 Å². The minimum atomic E-state index is -1.05. The number of nitrogens with zero attached hydrogens (tertiary/aromatic N) is 2. The summed E-state index contributed by atoms with van der Waals surface area (Å²) < 4.78 is 11.2. The van der Waals surface area contributed by atoms with Crippen LogP contribution in [0.1, 0.15) is 54.8 Å². The molecule has 180 valence electrons. The van der Waals surface area contributed by atoms with Crippen LogP contribution in [0.4, 0.5) is 4.79 Å². The Kier molecular flexibility index (Phi) is 5.49. The first-order chi connectivity index (χ1) is 17.1. The number of aliphatic hydroxyl groups is 1. The molecular formula is C29H30N2O4. The largest absolute Gasteiger partial charge is 0.495 e. The van der Waals surface area contributed by atoms with Gasteiger partial charge in [0, 0.05) is 30.8 Å². The fraction of sp³-hybridized carbons (Fsp3) is 0.379. The van der Waals surface area contributed by atoms with Gasteiger partial charge in [-0.3, -0.25) is 4.98 Å². The number of hydrogen-bond donors (Lipinski definition) is 1. The SMILES string of the molecule is COc1ccc(C2(O)CC3CCCC(C2)N3C(=O)OCC2c3ccccc3-c3ccccc32)nc1. The normalized spacial score (nSPS) is 25.0. The summed E-state index contributed by atoms with van der Waals surface area (Å²) in [5.41, 5.74) is 4.44. The van der Waals surface area contributed by atoms with Gasteiger partial charge in [-0.05, 0) is 53.6 Å². The van der Waals surface area contributed by atoms with E-state index >= 15 is 0 Å². The van der Waals surface area contributed by atoms with E-state index in [-0.39, 0.29) is 24.1 Å². The molecule has 2 aromatic carbocycles. The van der Waals surface area contributed by atoms with Crippen LogP contribution in [0.25, 0.3) is 11.1 Å². The zero-order chi connectivity index (χ0) is 24.0. The smallest absolute Gasteiger partial charge is 0.410 e. The van der Waals surface area contributed by atoms with Crippen LogP contribution in [-0.4, -0.2) is 46.9 Å². The molecule has 3 aromatic rings. The van der Waals surface area contributed by atoms with E-state index in [0.29, 0.717) is 30.9 Å². The lowest BCUT2D eigenvalue weighted by Crippen LogP contribution is -2.59. The van der Waals surface area contributed by atoms with E-state index in [4.69, 9.17) is 9.47 Å². The van der Waals surface area contributed by atoms with Gasteiger partial charge in [-0.15, -0.1) is 0 Å². The maximum absolute atomic E-state index is 13.4. The highest BCUT2D eigenvalue weighted by Gasteiger charge is 2.49. The topological polar surface area (TPSA) is 71.9 Å². The van der Waals surface area contributed by atoms with Crippen molar-refractivity contribution in [1.82, 2.24) is 9.88 Å². The Labute approximate surface area is 205 Å². The number of benzene rings is 2. The molecule has 6 rings (SSSR count). The molecule has 1 N–H and O–H groups in total. The fourth-order valence-corrected chi connectivity index (χ4v) is 6.38. The van der Waals surface area contributed by atoms with E-state index in [9.17, 15) is 9.90 Å². The van der Waals surface area contributed by atoms with E-state index in [1.165, 1.54) is 22.3 Å². The summed E-state index contributed by atoms with van der Waals surface area (Å²) >= 11 is 0. The Morgan fingerprint density at radius 1 is 1.00 bits per heavy atom. The summed E-state index contributed by atoms with van der Waals surface area (Å²) in [5.74, 6) is 0.699. The number of carbonyl (C=O) groups excluding carboxylic acids is 1. The third-order valence-corrected chi connectivity index (χ3v) is 8.00. The van der Waals surface area contributed by atoms with Gasteiger partial charge < -0.3 is 19.5 Å². The van der Waals surface area contributed by atoms with Crippen LogP contribution in [0, 0.1) is 0 Å². The predicted molar refractivity (Wildman–Crippen MR) is 132 cm³/mol. The third kappa shape index (κ3) is 3.76. The number of carbonyl (C=O) groups is 1. The molecule has 0 saturated carbocycles. The van der Waals surface area contributed by atoms with Gasteiger partial charge in [0.05, 0.1) is 19.0 Å². The molecular weight excluding hydrogens is 440 g/mol. The number of ether oxygens (including phenoxy) is 2. The summed E-state index contributed by atoms with van der Waals surface area (Å²) in [6.45, 7) is 0.313. The van der Waals surface area contributed by atoms with Crippen molar-refractivity contribution < 1.29 is 19.4 Å². The van der Waals surface area contributed by atoms with Gasteiger partial charge in [-0.25, -0.2) is 4.79 Å². The number of fused-ring (bicyclic) bond motifs is 5. The Balaban J connectivity index is 1.19. The molecule has 3 aliphatic rings. The number of aromatic nitrogens is 1. The summed E-state index contributed by atoms with van der Waals surface area (Å²) in [6.07, 6.45) is 5.07. The quantitative estimate of drug-likeness (QED) is 0.564.